The SMILES string of the molecule is CC(C)(CCCCl)CNc1cncc2nnnn12. The zero-order chi connectivity index (χ0) is 13.0. The first-order valence-electron chi connectivity index (χ1n) is 5.94. The van der Waals surface area contributed by atoms with Crippen molar-refractivity contribution in [3.05, 3.63) is 12.4 Å². The van der Waals surface area contributed by atoms with Crippen molar-refractivity contribution in [2.45, 2.75) is 26.7 Å². The van der Waals surface area contributed by atoms with Gasteiger partial charge in [-0.3, -0.25) is 4.98 Å². The molecular weight excluding hydrogens is 252 g/mol. The lowest BCUT2D eigenvalue weighted by Gasteiger charge is -2.25. The maximum absolute atomic E-state index is 5.73. The first-order valence-corrected chi connectivity index (χ1v) is 6.48. The molecule has 0 saturated heterocycles. The van der Waals surface area contributed by atoms with Crippen LogP contribution in [0.5, 0.6) is 0 Å². The number of hydrogen-bond acceptors (Lipinski definition) is 5. The zero-order valence-corrected chi connectivity index (χ0v) is 11.4. The summed E-state index contributed by atoms with van der Waals surface area (Å²) in [4.78, 5) is 4.10. The summed E-state index contributed by atoms with van der Waals surface area (Å²) in [5, 5.41) is 14.7. The Kier molecular flexibility index (Phi) is 3.96. The predicted octanol–water partition coefficient (Wildman–Crippen LogP) is 1.98. The van der Waals surface area contributed by atoms with Crippen LogP contribution in [0, 0.1) is 5.41 Å². The molecule has 18 heavy (non-hydrogen) atoms. The molecule has 0 aliphatic rings. The molecule has 2 aromatic heterocycles. The lowest BCUT2D eigenvalue weighted by atomic mass is 9.88. The van der Waals surface area contributed by atoms with E-state index in [1.165, 1.54) is 0 Å². The highest BCUT2D eigenvalue weighted by Gasteiger charge is 2.17. The van der Waals surface area contributed by atoms with E-state index in [4.69, 9.17) is 11.6 Å². The number of fused-ring (bicyclic) bond motifs is 1. The van der Waals surface area contributed by atoms with Gasteiger partial charge in [0, 0.05) is 12.4 Å². The summed E-state index contributed by atoms with van der Waals surface area (Å²) < 4.78 is 1.64. The third kappa shape index (κ3) is 3.07. The van der Waals surface area contributed by atoms with Gasteiger partial charge in [-0.1, -0.05) is 13.8 Å². The van der Waals surface area contributed by atoms with E-state index < -0.39 is 0 Å². The number of anilines is 1. The second kappa shape index (κ2) is 5.48. The van der Waals surface area contributed by atoms with Gasteiger partial charge < -0.3 is 5.32 Å². The Morgan fingerprint density at radius 1 is 1.39 bits per heavy atom. The fraction of sp³-hybridized carbons (Fsp3) is 0.636. The van der Waals surface area contributed by atoms with Crippen LogP contribution in [0.25, 0.3) is 5.65 Å². The largest absolute Gasteiger partial charge is 0.368 e. The summed E-state index contributed by atoms with van der Waals surface area (Å²) in [6.45, 7) is 5.24. The standard InChI is InChI=1S/C11H17ClN6/c1-11(2,4-3-5-12)8-14-9-6-13-7-10-15-16-17-18(9)10/h6-7,14H,3-5,8H2,1-2H3. The van der Waals surface area contributed by atoms with Crippen LogP contribution in [0.3, 0.4) is 0 Å². The normalized spacial score (nSPS) is 11.9. The minimum absolute atomic E-state index is 0.172. The van der Waals surface area contributed by atoms with Crippen molar-refractivity contribution in [2.75, 3.05) is 17.7 Å². The van der Waals surface area contributed by atoms with Crippen LogP contribution in [-0.4, -0.2) is 37.4 Å². The lowest BCUT2D eigenvalue weighted by Crippen LogP contribution is -2.24. The summed E-state index contributed by atoms with van der Waals surface area (Å²) in [5.74, 6) is 1.50. The molecule has 2 rings (SSSR count). The van der Waals surface area contributed by atoms with Crippen LogP contribution in [0.15, 0.2) is 12.4 Å². The van der Waals surface area contributed by atoms with Crippen molar-refractivity contribution in [2.24, 2.45) is 5.41 Å². The van der Waals surface area contributed by atoms with Gasteiger partial charge in [0.2, 0.25) is 0 Å². The van der Waals surface area contributed by atoms with E-state index in [1.54, 1.807) is 16.9 Å². The van der Waals surface area contributed by atoms with Gasteiger partial charge in [-0.05, 0) is 28.7 Å². The van der Waals surface area contributed by atoms with Gasteiger partial charge in [-0.15, -0.1) is 16.7 Å². The topological polar surface area (TPSA) is 68.0 Å². The number of halogens is 1. The summed E-state index contributed by atoms with van der Waals surface area (Å²) in [7, 11) is 0. The Labute approximate surface area is 111 Å². The lowest BCUT2D eigenvalue weighted by molar-refractivity contribution is 0.355. The summed E-state index contributed by atoms with van der Waals surface area (Å²) in [5.41, 5.74) is 0.809. The van der Waals surface area contributed by atoms with Crippen molar-refractivity contribution in [1.29, 1.82) is 0 Å². The second-order valence-corrected chi connectivity index (χ2v) is 5.43. The molecule has 1 N–H and O–H groups in total. The fourth-order valence-electron chi connectivity index (χ4n) is 1.76. The van der Waals surface area contributed by atoms with Gasteiger partial charge in [0.15, 0.2) is 5.65 Å². The van der Waals surface area contributed by atoms with E-state index in [-0.39, 0.29) is 5.41 Å². The highest BCUT2D eigenvalue weighted by Crippen LogP contribution is 2.23. The molecule has 0 atom stereocenters. The second-order valence-electron chi connectivity index (χ2n) is 5.05. The Balaban J connectivity index is 2.03. The van der Waals surface area contributed by atoms with Crippen LogP contribution < -0.4 is 5.32 Å². The minimum atomic E-state index is 0.172. The van der Waals surface area contributed by atoms with E-state index in [1.807, 2.05) is 0 Å². The number of aromatic nitrogens is 5. The number of nitrogens with zero attached hydrogens (tertiary/aromatic N) is 5. The average Bonchev–Trinajstić information content (AvgIpc) is 2.82. The predicted molar refractivity (Wildman–Crippen MR) is 70.8 cm³/mol. The van der Waals surface area contributed by atoms with E-state index in [0.717, 1.165) is 25.2 Å². The van der Waals surface area contributed by atoms with E-state index >= 15 is 0 Å². The minimum Gasteiger partial charge on any atom is -0.368 e. The van der Waals surface area contributed by atoms with Gasteiger partial charge >= 0.3 is 0 Å². The molecule has 0 aliphatic heterocycles. The first-order chi connectivity index (χ1) is 8.62. The molecule has 0 aliphatic carbocycles. The van der Waals surface area contributed by atoms with Crippen LogP contribution in [-0.2, 0) is 0 Å². The van der Waals surface area contributed by atoms with Crippen molar-refractivity contribution >= 4 is 23.1 Å². The molecule has 0 spiro atoms. The number of tetrazole rings is 1. The van der Waals surface area contributed by atoms with E-state index in [9.17, 15) is 0 Å². The quantitative estimate of drug-likeness (QED) is 0.812. The Hall–Kier alpha value is -1.43. The number of nitrogens with one attached hydrogen (secondary N) is 1. The van der Waals surface area contributed by atoms with Crippen molar-refractivity contribution < 1.29 is 0 Å². The van der Waals surface area contributed by atoms with Crippen molar-refractivity contribution in [3.8, 4) is 0 Å². The molecule has 2 heterocycles. The highest BCUT2D eigenvalue weighted by molar-refractivity contribution is 6.17. The van der Waals surface area contributed by atoms with Crippen LogP contribution >= 0.6 is 11.6 Å². The van der Waals surface area contributed by atoms with E-state index in [0.29, 0.717) is 11.5 Å². The molecule has 7 heteroatoms. The third-order valence-electron chi connectivity index (χ3n) is 2.84. The highest BCUT2D eigenvalue weighted by atomic mass is 35.5. The molecule has 0 aromatic carbocycles. The maximum Gasteiger partial charge on any atom is 0.199 e. The molecule has 2 aromatic rings. The first kappa shape index (κ1) is 13.0. The molecule has 0 fully saturated rings. The summed E-state index contributed by atoms with van der Waals surface area (Å²) in [6.07, 6.45) is 5.44. The summed E-state index contributed by atoms with van der Waals surface area (Å²) in [6, 6.07) is 0. The Bertz CT molecular complexity index is 509. The van der Waals surface area contributed by atoms with Crippen LogP contribution in [0.2, 0.25) is 0 Å². The molecule has 0 saturated carbocycles. The average molecular weight is 269 g/mol. The molecule has 0 amide bonds. The Morgan fingerprint density at radius 2 is 2.22 bits per heavy atom. The molecule has 0 unspecified atom stereocenters. The molecule has 6 nitrogen and oxygen atoms in total. The third-order valence-corrected chi connectivity index (χ3v) is 3.11. The van der Waals surface area contributed by atoms with Gasteiger partial charge in [0.05, 0.1) is 12.4 Å². The summed E-state index contributed by atoms with van der Waals surface area (Å²) >= 11 is 5.73. The van der Waals surface area contributed by atoms with E-state index in [2.05, 4.69) is 39.7 Å². The molecule has 0 radical (unpaired) electrons. The zero-order valence-electron chi connectivity index (χ0n) is 10.6. The number of alkyl halides is 1. The van der Waals surface area contributed by atoms with Gasteiger partial charge in [0.1, 0.15) is 5.82 Å². The number of hydrogen-bond donors (Lipinski definition) is 1. The van der Waals surface area contributed by atoms with Crippen molar-refractivity contribution in [1.82, 2.24) is 25.0 Å². The Morgan fingerprint density at radius 3 is 3.00 bits per heavy atom. The van der Waals surface area contributed by atoms with Gasteiger partial charge in [0.25, 0.3) is 0 Å². The molecule has 0 bridgehead atoms. The maximum atomic E-state index is 5.73. The number of rotatable bonds is 6. The molecule has 98 valence electrons. The van der Waals surface area contributed by atoms with Gasteiger partial charge in [-0.2, -0.15) is 4.52 Å². The fourth-order valence-corrected chi connectivity index (χ4v) is 1.89. The molecular formula is C11H17ClN6. The monoisotopic (exact) mass is 268 g/mol. The van der Waals surface area contributed by atoms with Crippen molar-refractivity contribution in [3.63, 3.8) is 0 Å². The smallest absolute Gasteiger partial charge is 0.199 e. The van der Waals surface area contributed by atoms with Crippen LogP contribution in [0.1, 0.15) is 26.7 Å². The van der Waals surface area contributed by atoms with Gasteiger partial charge in [-0.25, -0.2) is 0 Å². The van der Waals surface area contributed by atoms with Crippen LogP contribution in [0.4, 0.5) is 5.82 Å².